The van der Waals surface area contributed by atoms with Gasteiger partial charge < -0.3 is 14.2 Å². The van der Waals surface area contributed by atoms with Gasteiger partial charge in [-0.3, -0.25) is 14.4 Å². The number of carbonyl (C=O) groups is 3. The van der Waals surface area contributed by atoms with E-state index >= 15 is 0 Å². The van der Waals surface area contributed by atoms with E-state index in [0.29, 0.717) is 19.3 Å². The van der Waals surface area contributed by atoms with Crippen LogP contribution in [0.15, 0.2) is 60.8 Å². The molecule has 6 nitrogen and oxygen atoms in total. The van der Waals surface area contributed by atoms with E-state index in [2.05, 4.69) is 81.5 Å². The van der Waals surface area contributed by atoms with Crippen LogP contribution in [0.5, 0.6) is 0 Å². The number of ether oxygens (including phenoxy) is 3. The third-order valence-electron chi connectivity index (χ3n) is 16.0. The van der Waals surface area contributed by atoms with Gasteiger partial charge in [-0.15, -0.1) is 0 Å². The Hall–Kier alpha value is -2.89. The van der Waals surface area contributed by atoms with Crippen molar-refractivity contribution in [1.82, 2.24) is 0 Å². The molecular weight excluding hydrogens is 997 g/mol. The van der Waals surface area contributed by atoms with Gasteiger partial charge in [0.25, 0.3) is 0 Å². The van der Waals surface area contributed by atoms with E-state index in [9.17, 15) is 14.4 Å². The van der Waals surface area contributed by atoms with Crippen molar-refractivity contribution in [1.29, 1.82) is 0 Å². The number of allylic oxidation sites excluding steroid dienone is 10. The maximum Gasteiger partial charge on any atom is 0.306 e. The van der Waals surface area contributed by atoms with Crippen LogP contribution in [0.1, 0.15) is 380 Å². The lowest BCUT2D eigenvalue weighted by atomic mass is 10.0. The molecule has 0 N–H and O–H groups in total. The maximum absolute atomic E-state index is 12.9. The monoisotopic (exact) mass is 1130 g/mol. The summed E-state index contributed by atoms with van der Waals surface area (Å²) in [4.78, 5) is 38.2. The van der Waals surface area contributed by atoms with E-state index in [-0.39, 0.29) is 31.1 Å². The van der Waals surface area contributed by atoms with E-state index in [1.54, 1.807) is 0 Å². The number of rotatable bonds is 66. The standard InChI is InChI=1S/C75H136O6/c1-4-7-10-13-16-18-20-22-24-26-28-30-31-32-33-34-35-36-37-38-39-40-41-42-43-45-46-48-50-52-54-56-59-62-65-68-74(77)80-71-72(70-79-73(76)67-64-61-58-15-12-9-6-3)81-75(78)69-66-63-60-57-55-53-51-49-47-44-29-27-25-23-21-19-17-14-11-8-5-2/h8,11,17,19,23,25-26,28-29,44,72H,4-7,9-10,12-16,18,20-22,24,27,30-43,45-71H2,1-3H3/b11-8-,19-17-,25-23-,28-26-,44-29-. The van der Waals surface area contributed by atoms with E-state index in [0.717, 1.165) is 89.9 Å². The molecule has 0 amide bonds. The van der Waals surface area contributed by atoms with Gasteiger partial charge >= 0.3 is 17.9 Å². The molecule has 1 unspecified atom stereocenters. The third-order valence-corrected chi connectivity index (χ3v) is 16.0. The molecule has 0 saturated carbocycles. The molecule has 0 aliphatic carbocycles. The smallest absolute Gasteiger partial charge is 0.306 e. The molecule has 472 valence electrons. The van der Waals surface area contributed by atoms with Crippen LogP contribution < -0.4 is 0 Å². The maximum atomic E-state index is 12.9. The van der Waals surface area contributed by atoms with Gasteiger partial charge in [-0.1, -0.05) is 338 Å². The molecule has 0 aromatic rings. The molecule has 0 rings (SSSR count). The molecule has 0 saturated heterocycles. The SMILES string of the molecule is CC/C=C\C/C=C\C/C=C\C/C=C\CCCCCCCCCCC(=O)OC(COC(=O)CCCCCCCCC)COC(=O)CCCCCCCCCCCCCCCCCCCCCCCCC/C=C\CCCCCCCCCC. The summed E-state index contributed by atoms with van der Waals surface area (Å²) in [7, 11) is 0. The minimum absolute atomic E-state index is 0.0733. The van der Waals surface area contributed by atoms with Crippen LogP contribution in [0, 0.1) is 0 Å². The lowest BCUT2D eigenvalue weighted by Gasteiger charge is -2.18. The van der Waals surface area contributed by atoms with Gasteiger partial charge in [-0.05, 0) is 83.5 Å². The molecule has 0 heterocycles. The molecule has 0 aliphatic heterocycles. The molecule has 0 aliphatic rings. The Kier molecular flexibility index (Phi) is 67.1. The quantitative estimate of drug-likeness (QED) is 0.0261. The van der Waals surface area contributed by atoms with Gasteiger partial charge in [0.1, 0.15) is 13.2 Å². The van der Waals surface area contributed by atoms with Crippen molar-refractivity contribution in [2.24, 2.45) is 0 Å². The summed E-state index contributed by atoms with van der Waals surface area (Å²) in [5.74, 6) is -0.869. The number of hydrogen-bond acceptors (Lipinski definition) is 6. The number of unbranched alkanes of at least 4 members (excludes halogenated alkanes) is 45. The summed E-state index contributed by atoms with van der Waals surface area (Å²) < 4.78 is 16.9. The van der Waals surface area contributed by atoms with Gasteiger partial charge in [-0.2, -0.15) is 0 Å². The van der Waals surface area contributed by atoms with Crippen molar-refractivity contribution in [2.75, 3.05) is 13.2 Å². The van der Waals surface area contributed by atoms with E-state index in [1.807, 2.05) is 0 Å². The minimum Gasteiger partial charge on any atom is -0.462 e. The predicted molar refractivity (Wildman–Crippen MR) is 353 cm³/mol. The Morgan fingerprint density at radius 2 is 0.481 bits per heavy atom. The Bertz CT molecular complexity index is 1440. The normalized spacial score (nSPS) is 12.4. The number of esters is 3. The zero-order valence-corrected chi connectivity index (χ0v) is 54.3. The average Bonchev–Trinajstić information content (AvgIpc) is 3.47. The first-order valence-corrected chi connectivity index (χ1v) is 35.8. The second kappa shape index (κ2) is 69.6. The van der Waals surface area contributed by atoms with E-state index in [1.165, 1.54) is 250 Å². The molecule has 0 radical (unpaired) electrons. The highest BCUT2D eigenvalue weighted by molar-refractivity contribution is 5.71. The zero-order chi connectivity index (χ0) is 58.5. The molecule has 0 aromatic heterocycles. The average molecular weight is 1130 g/mol. The van der Waals surface area contributed by atoms with Gasteiger partial charge in [-0.25, -0.2) is 0 Å². The van der Waals surface area contributed by atoms with E-state index < -0.39 is 6.10 Å². The van der Waals surface area contributed by atoms with Crippen LogP contribution in [-0.2, 0) is 28.6 Å². The lowest BCUT2D eigenvalue weighted by molar-refractivity contribution is -0.167. The fourth-order valence-corrected chi connectivity index (χ4v) is 10.7. The van der Waals surface area contributed by atoms with Crippen LogP contribution in [0.4, 0.5) is 0 Å². The zero-order valence-electron chi connectivity index (χ0n) is 54.3. The van der Waals surface area contributed by atoms with Gasteiger partial charge in [0.2, 0.25) is 0 Å². The number of carbonyl (C=O) groups excluding carboxylic acids is 3. The Balaban J connectivity index is 3.96. The summed E-state index contributed by atoms with van der Waals surface area (Å²) in [5, 5.41) is 0. The molecule has 1 atom stereocenters. The molecule has 0 spiro atoms. The van der Waals surface area contributed by atoms with Crippen molar-refractivity contribution in [2.45, 2.75) is 386 Å². The minimum atomic E-state index is -0.775. The van der Waals surface area contributed by atoms with Gasteiger partial charge in [0.15, 0.2) is 6.10 Å². The van der Waals surface area contributed by atoms with Crippen LogP contribution in [0.3, 0.4) is 0 Å². The van der Waals surface area contributed by atoms with Crippen molar-refractivity contribution in [3.05, 3.63) is 60.8 Å². The van der Waals surface area contributed by atoms with E-state index in [4.69, 9.17) is 14.2 Å². The predicted octanol–water partition coefficient (Wildman–Crippen LogP) is 24.7. The topological polar surface area (TPSA) is 78.9 Å². The van der Waals surface area contributed by atoms with Crippen LogP contribution in [0.2, 0.25) is 0 Å². The van der Waals surface area contributed by atoms with Crippen LogP contribution in [-0.4, -0.2) is 37.2 Å². The second-order valence-corrected chi connectivity index (χ2v) is 24.1. The summed E-state index contributed by atoms with van der Waals surface area (Å²) in [6.07, 6.45) is 90.2. The molecule has 6 heteroatoms. The molecule has 0 bridgehead atoms. The highest BCUT2D eigenvalue weighted by Gasteiger charge is 2.19. The summed E-state index contributed by atoms with van der Waals surface area (Å²) in [6.45, 7) is 6.53. The van der Waals surface area contributed by atoms with Crippen LogP contribution >= 0.6 is 0 Å². The number of hydrogen-bond donors (Lipinski definition) is 0. The lowest BCUT2D eigenvalue weighted by Crippen LogP contribution is -2.30. The second-order valence-electron chi connectivity index (χ2n) is 24.1. The van der Waals surface area contributed by atoms with Crippen LogP contribution in [0.25, 0.3) is 0 Å². The highest BCUT2D eigenvalue weighted by atomic mass is 16.6. The summed E-state index contributed by atoms with van der Waals surface area (Å²) >= 11 is 0. The fraction of sp³-hybridized carbons (Fsp3) is 0.827. The summed E-state index contributed by atoms with van der Waals surface area (Å²) in [6, 6.07) is 0. The largest absolute Gasteiger partial charge is 0.462 e. The van der Waals surface area contributed by atoms with Crippen molar-refractivity contribution in [3.8, 4) is 0 Å². The molecule has 81 heavy (non-hydrogen) atoms. The Morgan fingerprint density at radius 3 is 0.765 bits per heavy atom. The third kappa shape index (κ3) is 67.8. The first kappa shape index (κ1) is 78.1. The van der Waals surface area contributed by atoms with Gasteiger partial charge in [0, 0.05) is 19.3 Å². The first-order chi connectivity index (χ1) is 40.0. The Labute approximate surface area is 504 Å². The molecular formula is C75H136O6. The highest BCUT2D eigenvalue weighted by Crippen LogP contribution is 2.18. The van der Waals surface area contributed by atoms with Crippen molar-refractivity contribution in [3.63, 3.8) is 0 Å². The fourth-order valence-electron chi connectivity index (χ4n) is 10.7. The first-order valence-electron chi connectivity index (χ1n) is 35.8. The molecule has 0 aromatic carbocycles. The van der Waals surface area contributed by atoms with Gasteiger partial charge in [0.05, 0.1) is 0 Å². The Morgan fingerprint density at radius 1 is 0.259 bits per heavy atom. The summed E-state index contributed by atoms with van der Waals surface area (Å²) in [5.41, 5.74) is 0. The molecule has 0 fully saturated rings. The van der Waals surface area contributed by atoms with Crippen molar-refractivity contribution < 1.29 is 28.6 Å². The van der Waals surface area contributed by atoms with Crippen molar-refractivity contribution >= 4 is 17.9 Å².